The van der Waals surface area contributed by atoms with Gasteiger partial charge in [-0.1, -0.05) is 59.6 Å². The number of hydrogen-bond acceptors (Lipinski definition) is 12. The molecule has 0 bridgehead atoms. The highest BCUT2D eigenvalue weighted by Crippen LogP contribution is 2.38. The number of benzene rings is 4. The summed E-state index contributed by atoms with van der Waals surface area (Å²) in [7, 11) is 4.83. The summed E-state index contributed by atoms with van der Waals surface area (Å²) >= 11 is 13.5. The van der Waals surface area contributed by atoms with Crippen molar-refractivity contribution in [3.8, 4) is 40.2 Å². The molecule has 4 aromatic carbocycles. The molecule has 0 saturated carbocycles. The number of carbonyl (C=O) groups is 2. The van der Waals surface area contributed by atoms with E-state index in [-0.39, 0.29) is 59.0 Å². The second-order valence-corrected chi connectivity index (χ2v) is 16.1. The Bertz CT molecular complexity index is 2480. The molecular formula is C48H52Cl2N4O10. The quantitative estimate of drug-likeness (QED) is 0.0495. The zero-order valence-electron chi connectivity index (χ0n) is 36.3. The molecule has 0 aliphatic heterocycles. The van der Waals surface area contributed by atoms with Crippen molar-refractivity contribution in [2.45, 2.75) is 71.7 Å². The van der Waals surface area contributed by atoms with Crippen molar-refractivity contribution in [1.82, 2.24) is 14.8 Å². The first-order valence-electron chi connectivity index (χ1n) is 20.4. The lowest BCUT2D eigenvalue weighted by Gasteiger charge is -2.25. The van der Waals surface area contributed by atoms with Crippen molar-refractivity contribution in [3.63, 3.8) is 0 Å². The van der Waals surface area contributed by atoms with Gasteiger partial charge >= 0.3 is 11.9 Å². The van der Waals surface area contributed by atoms with E-state index in [0.29, 0.717) is 55.3 Å². The average Bonchev–Trinajstić information content (AvgIpc) is 3.27. The molecular weight excluding hydrogens is 863 g/mol. The predicted molar refractivity (Wildman–Crippen MR) is 242 cm³/mol. The lowest BCUT2D eigenvalue weighted by molar-refractivity contribution is -0.144. The van der Waals surface area contributed by atoms with E-state index >= 15 is 0 Å². The number of halogens is 2. The van der Waals surface area contributed by atoms with E-state index in [2.05, 4.69) is 11.1 Å². The van der Waals surface area contributed by atoms with Gasteiger partial charge in [0.25, 0.3) is 0 Å². The van der Waals surface area contributed by atoms with E-state index in [9.17, 15) is 35.3 Å². The first-order valence-corrected chi connectivity index (χ1v) is 21.1. The van der Waals surface area contributed by atoms with Crippen LogP contribution in [0.1, 0.15) is 57.3 Å². The summed E-state index contributed by atoms with van der Waals surface area (Å²) in [5.74, 6) is -0.476. The molecule has 2 atom stereocenters. The van der Waals surface area contributed by atoms with Crippen LogP contribution in [0.3, 0.4) is 0 Å². The molecule has 5 rings (SSSR count). The number of aliphatic carboxylic acids is 2. The van der Waals surface area contributed by atoms with Gasteiger partial charge in [0, 0.05) is 67.5 Å². The Kier molecular flexibility index (Phi) is 17.8. The third-order valence-corrected chi connectivity index (χ3v) is 11.6. The minimum absolute atomic E-state index is 0.0329. The monoisotopic (exact) mass is 914 g/mol. The number of hydrogen-bond donors (Lipinski definition) is 4. The molecule has 338 valence electrons. The number of aromatic nitrogens is 1. The minimum Gasteiger partial charge on any atom is -0.496 e. The molecule has 0 radical (unpaired) electrons. The van der Waals surface area contributed by atoms with Crippen molar-refractivity contribution in [3.05, 3.63) is 134 Å². The van der Waals surface area contributed by atoms with Gasteiger partial charge in [-0.3, -0.25) is 24.4 Å². The van der Waals surface area contributed by atoms with Crippen LogP contribution in [0.4, 0.5) is 0 Å². The number of nitrogens with zero attached hydrogens (tertiary/aromatic N) is 4. The van der Waals surface area contributed by atoms with Gasteiger partial charge in [-0.2, -0.15) is 5.26 Å². The van der Waals surface area contributed by atoms with E-state index in [1.807, 2.05) is 50.2 Å². The predicted octanol–water partition coefficient (Wildman–Crippen LogP) is 7.82. The summed E-state index contributed by atoms with van der Waals surface area (Å²) < 4.78 is 24.5. The molecule has 1 aromatic heterocycles. The number of pyridine rings is 1. The molecule has 5 aromatic rings. The summed E-state index contributed by atoms with van der Waals surface area (Å²) in [6, 6.07) is 20.6. The molecule has 16 heteroatoms. The third-order valence-electron chi connectivity index (χ3n) is 11.0. The normalized spacial score (nSPS) is 12.2. The molecule has 0 fully saturated rings. The fourth-order valence-electron chi connectivity index (χ4n) is 7.37. The Morgan fingerprint density at radius 3 is 1.61 bits per heavy atom. The second-order valence-electron chi connectivity index (χ2n) is 15.3. The summed E-state index contributed by atoms with van der Waals surface area (Å²) in [4.78, 5) is 31.1. The van der Waals surface area contributed by atoms with Crippen molar-refractivity contribution in [1.29, 1.82) is 5.26 Å². The maximum Gasteiger partial charge on any atom is 0.321 e. The van der Waals surface area contributed by atoms with Crippen molar-refractivity contribution in [2.75, 3.05) is 34.4 Å². The molecule has 14 nitrogen and oxygen atoms in total. The Morgan fingerprint density at radius 1 is 0.688 bits per heavy atom. The number of ether oxygens (including phenoxy) is 4. The maximum atomic E-state index is 12.0. The number of carboxylic acid groups (broad SMARTS) is 2. The average molecular weight is 916 g/mol. The van der Waals surface area contributed by atoms with Crippen LogP contribution in [0, 0.1) is 25.2 Å². The largest absolute Gasteiger partial charge is 0.496 e. The Labute approximate surface area is 382 Å². The number of methoxy groups -OCH3 is 1. The van der Waals surface area contributed by atoms with Gasteiger partial charge in [0.05, 0.1) is 22.7 Å². The van der Waals surface area contributed by atoms with E-state index in [1.165, 1.54) is 13.3 Å². The molecule has 0 amide bonds. The number of nitriles is 1. The summed E-state index contributed by atoms with van der Waals surface area (Å²) in [6.07, 6.45) is 3.16. The van der Waals surface area contributed by atoms with Gasteiger partial charge in [0.1, 0.15) is 61.0 Å². The summed E-state index contributed by atoms with van der Waals surface area (Å²) in [6.45, 7) is 4.29. The summed E-state index contributed by atoms with van der Waals surface area (Å²) in [5, 5.41) is 48.3. The minimum atomic E-state index is -1.07. The number of likely N-dealkylation sites (N-methyl/N-ethyl adjacent to an activating group) is 2. The maximum absolute atomic E-state index is 12.0. The van der Waals surface area contributed by atoms with Crippen molar-refractivity contribution >= 4 is 35.1 Å². The standard InChI is InChI=1S/C48H52Cl2N4O10/c1-29-33(27-63-45-19-43(61-5)35(17-39(45)49)24-53(3)41(12-14-55)47(57)58)8-6-10-37(29)38-11-7-9-34(30(38)2)28-64-46-20-44(62-26-32-16-31(21-51)22-52-23-32)36(18-40(46)50)25-54(4)42(13-15-56)48(59)60/h6-11,16-20,22-23,41-42,55-56H,12-15,24-28H2,1-5H3,(H,57,58)(H,59,60)/t41-,42-/m0/s1. The SMILES string of the molecule is COc1cc(OCc2cccc(-c3cccc(COc4cc(OCc5cncc(C#N)c5)c(CN(C)[C@@H](CCO)C(=O)O)cc4Cl)c3C)c2C)c(Cl)cc1CN(C)[C@@H](CCO)C(=O)O. The van der Waals surface area contributed by atoms with Gasteiger partial charge in [0.2, 0.25) is 0 Å². The van der Waals surface area contributed by atoms with Crippen LogP contribution in [0.5, 0.6) is 23.0 Å². The Hall–Kier alpha value is -5.92. The smallest absolute Gasteiger partial charge is 0.321 e. The second kappa shape index (κ2) is 23.1. The molecule has 1 heterocycles. The van der Waals surface area contributed by atoms with Gasteiger partial charge in [-0.25, -0.2) is 0 Å². The molecule has 0 unspecified atom stereocenters. The fourth-order valence-corrected chi connectivity index (χ4v) is 7.86. The van der Waals surface area contributed by atoms with Crippen LogP contribution in [-0.4, -0.2) is 93.7 Å². The number of aliphatic hydroxyl groups excluding tert-OH is 2. The number of rotatable bonds is 23. The van der Waals surface area contributed by atoms with Gasteiger partial charge in [-0.05, 0) is 92.4 Å². The van der Waals surface area contributed by atoms with E-state index in [4.69, 9.17) is 42.1 Å². The van der Waals surface area contributed by atoms with Crippen molar-refractivity contribution in [2.24, 2.45) is 0 Å². The highest BCUT2D eigenvalue weighted by Gasteiger charge is 2.26. The molecule has 0 aliphatic rings. The van der Waals surface area contributed by atoms with Crippen LogP contribution >= 0.6 is 23.2 Å². The van der Waals surface area contributed by atoms with Crippen molar-refractivity contribution < 1.29 is 49.0 Å². The molecule has 0 aliphatic carbocycles. The first-order chi connectivity index (χ1) is 30.7. The molecule has 0 saturated heterocycles. The zero-order valence-corrected chi connectivity index (χ0v) is 37.8. The molecule has 0 spiro atoms. The van der Waals surface area contributed by atoms with Gasteiger partial charge in [-0.15, -0.1) is 0 Å². The topological polar surface area (TPSA) is 195 Å². The van der Waals surface area contributed by atoms with Crippen LogP contribution < -0.4 is 18.9 Å². The van der Waals surface area contributed by atoms with Crippen LogP contribution in [-0.2, 0) is 42.5 Å². The fraction of sp³-hybridized carbons (Fsp3) is 0.333. The molecule has 4 N–H and O–H groups in total. The number of aliphatic hydroxyl groups is 2. The Balaban J connectivity index is 1.35. The van der Waals surface area contributed by atoms with Crippen LogP contribution in [0.25, 0.3) is 11.1 Å². The lowest BCUT2D eigenvalue weighted by atomic mass is 9.92. The highest BCUT2D eigenvalue weighted by atomic mass is 35.5. The van der Waals surface area contributed by atoms with E-state index in [0.717, 1.165) is 33.4 Å². The third kappa shape index (κ3) is 12.4. The van der Waals surface area contributed by atoms with Gasteiger partial charge < -0.3 is 39.4 Å². The van der Waals surface area contributed by atoms with Crippen LogP contribution in [0.15, 0.2) is 79.1 Å². The first kappa shape index (κ1) is 49.1. The zero-order chi connectivity index (χ0) is 46.5. The molecule has 64 heavy (non-hydrogen) atoms. The Morgan fingerprint density at radius 2 is 1.16 bits per heavy atom. The highest BCUT2D eigenvalue weighted by molar-refractivity contribution is 6.32. The van der Waals surface area contributed by atoms with E-state index < -0.39 is 24.0 Å². The van der Waals surface area contributed by atoms with E-state index in [1.54, 1.807) is 60.4 Å². The number of carboxylic acids is 2. The van der Waals surface area contributed by atoms with Crippen LogP contribution in [0.2, 0.25) is 10.0 Å². The van der Waals surface area contributed by atoms with Gasteiger partial charge in [0.15, 0.2) is 0 Å². The lowest BCUT2D eigenvalue weighted by Crippen LogP contribution is -2.38. The summed E-state index contributed by atoms with van der Waals surface area (Å²) in [5.41, 5.74) is 8.11.